The zero-order valence-electron chi connectivity index (χ0n) is 48.3. The van der Waals surface area contributed by atoms with E-state index in [-0.39, 0.29) is 80.5 Å². The summed E-state index contributed by atoms with van der Waals surface area (Å²) in [5.41, 5.74) is 5.29. The van der Waals surface area contributed by atoms with Crippen molar-refractivity contribution in [3.63, 3.8) is 0 Å². The Morgan fingerprint density at radius 2 is 1.78 bits per heavy atom. The molecule has 2 aromatic carbocycles. The van der Waals surface area contributed by atoms with E-state index in [2.05, 4.69) is 38.5 Å². The largest absolute Gasteiger partial charge is 0.462 e. The van der Waals surface area contributed by atoms with Crippen LogP contribution in [0.4, 0.5) is 25.4 Å². The molecule has 2 fully saturated rings. The number of primary amides is 1. The Hall–Kier alpha value is -6.00. The average Bonchev–Trinajstić information content (AvgIpc) is 4.15. The van der Waals surface area contributed by atoms with Crippen molar-refractivity contribution in [3.8, 4) is 0 Å². The Morgan fingerprint density at radius 3 is 2.44 bits per heavy atom. The third kappa shape index (κ3) is 18.5. The van der Waals surface area contributed by atoms with Crippen molar-refractivity contribution in [2.45, 2.75) is 173 Å². The molecule has 0 radical (unpaired) electrons. The van der Waals surface area contributed by atoms with Gasteiger partial charge in [-0.15, -0.1) is 0 Å². The lowest BCUT2D eigenvalue weighted by molar-refractivity contribution is -0.187. The molecule has 0 spiro atoms. The highest BCUT2D eigenvalue weighted by Gasteiger charge is 2.64. The monoisotopic (exact) mass is 1230 g/mol. The smallest absolute Gasteiger partial charge is 0.412 e. The number of epoxide rings is 1. The average molecular weight is 1230 g/mol. The zero-order chi connectivity index (χ0) is 60.8. The fraction of sp³-hybridized carbons (Fsp3) is 0.567. The van der Waals surface area contributed by atoms with Crippen LogP contribution in [0, 0.1) is 30.5 Å². The number of rotatable bonds is 23. The summed E-state index contributed by atoms with van der Waals surface area (Å²) in [6.45, 7) is 16.2. The molecule has 82 heavy (non-hydrogen) atoms. The van der Waals surface area contributed by atoms with E-state index in [0.29, 0.717) is 52.9 Å². The van der Waals surface area contributed by atoms with Crippen LogP contribution in [0.1, 0.15) is 122 Å². The molecule has 3 aliphatic heterocycles. The van der Waals surface area contributed by atoms with E-state index >= 15 is 4.39 Å². The molecule has 0 aromatic heterocycles. The number of nitrogens with zero attached hydrogens (tertiary/aromatic N) is 1. The maximum absolute atomic E-state index is 16.1. The molecule has 2 aromatic rings. The van der Waals surface area contributed by atoms with Crippen LogP contribution in [-0.4, -0.2) is 126 Å². The summed E-state index contributed by atoms with van der Waals surface area (Å²) in [6.07, 6.45) is 1.31. The number of allylic oxidation sites excluding steroid dienone is 3. The lowest BCUT2D eigenvalue weighted by Gasteiger charge is -2.41. The third-order valence-electron chi connectivity index (χ3n) is 15.4. The molecule has 22 heteroatoms. The van der Waals surface area contributed by atoms with Crippen molar-refractivity contribution in [2.75, 3.05) is 36.2 Å². The van der Waals surface area contributed by atoms with Crippen LogP contribution in [0.2, 0.25) is 5.02 Å². The number of anilines is 2. The number of alkyl halides is 1. The number of nitrogens with one attached hydrogen (secondary N) is 3. The minimum absolute atomic E-state index is 0.0230. The quantitative estimate of drug-likeness (QED) is 0.0174. The lowest BCUT2D eigenvalue weighted by Crippen LogP contribution is -2.53. The minimum Gasteiger partial charge on any atom is -0.462 e. The molecule has 1 unspecified atom stereocenters. The van der Waals surface area contributed by atoms with E-state index in [1.807, 2.05) is 26.0 Å². The van der Waals surface area contributed by atoms with E-state index in [1.54, 1.807) is 59.9 Å². The standard InChI is InChI=1S/C60H80BrClFN5O14/c1-33(2)42(28-41(69)17-12-11-16-37(6)79-56(74)36(5)32-61)55(73)66-45(18-14-22-65-57(64)75)47(70)27-39-20-21-44(43(63)25-39)67-58(76)81-50-29-51(71)68(9)46-26-40(24-35(4)53(46)62)23-34(3)15-13-19-49(78-10)60(77)30-48(80-52(72)31-60)38(7)54-59(50,8)82-54/h13,15,19-21,24-26,33,37-38,42,45,48-50,54,77H,5,11-12,14,16-18,22-23,27-32H2,1-4,6-10H3,(H,66,73)(H,67,76)(H3,64,65,75)/b19-13+,34-15+/t37?,38-,42+,45+,48+,49-,50+,54+,59+,60-/m1/s1. The number of amides is 5. The number of Topliss-reactive ketones (excluding diaryl/α,β-unsaturated/α-hetero) is 2. The summed E-state index contributed by atoms with van der Waals surface area (Å²) in [7, 11) is 2.99. The summed E-state index contributed by atoms with van der Waals surface area (Å²) in [6, 6.07) is 5.53. The second-order valence-electron chi connectivity index (χ2n) is 22.5. The summed E-state index contributed by atoms with van der Waals surface area (Å²) >= 11 is 10.0. The minimum atomic E-state index is -1.66. The first-order valence-corrected chi connectivity index (χ1v) is 29.2. The number of aliphatic hydroxyl groups is 1. The Kier molecular flexibility index (Phi) is 24.4. The number of ketones is 2. The van der Waals surface area contributed by atoms with Gasteiger partial charge in [0.15, 0.2) is 5.78 Å². The van der Waals surface area contributed by atoms with Gasteiger partial charge in [-0.2, -0.15) is 0 Å². The summed E-state index contributed by atoms with van der Waals surface area (Å²) < 4.78 is 45.2. The maximum Gasteiger partial charge on any atom is 0.412 e. The normalized spacial score (nSPS) is 25.0. The highest BCUT2D eigenvalue weighted by atomic mass is 79.9. The highest BCUT2D eigenvalue weighted by Crippen LogP contribution is 2.50. The Morgan fingerprint density at radius 1 is 1.06 bits per heavy atom. The molecule has 450 valence electrons. The second kappa shape index (κ2) is 30.0. The number of carbonyl (C=O) groups is 8. The fourth-order valence-electron chi connectivity index (χ4n) is 10.5. The second-order valence-corrected chi connectivity index (χ2v) is 23.4. The van der Waals surface area contributed by atoms with Gasteiger partial charge >= 0.3 is 24.1 Å². The van der Waals surface area contributed by atoms with Crippen molar-refractivity contribution < 1.29 is 71.5 Å². The van der Waals surface area contributed by atoms with Crippen molar-refractivity contribution in [2.24, 2.45) is 23.5 Å². The van der Waals surface area contributed by atoms with Crippen LogP contribution in [0.3, 0.4) is 0 Å². The first-order chi connectivity index (χ1) is 38.6. The molecule has 4 bridgehead atoms. The number of benzene rings is 2. The van der Waals surface area contributed by atoms with E-state index in [4.69, 9.17) is 41.0 Å². The van der Waals surface area contributed by atoms with Gasteiger partial charge < -0.3 is 50.1 Å². The summed E-state index contributed by atoms with van der Waals surface area (Å²) in [4.78, 5) is 107. The zero-order valence-corrected chi connectivity index (χ0v) is 50.7. The molecule has 5 amide bonds. The molecule has 2 saturated heterocycles. The number of nitrogens with two attached hydrogens (primary N) is 1. The number of fused-ring (bicyclic) bond motifs is 5. The molecule has 0 saturated carbocycles. The molecule has 19 nitrogen and oxygen atoms in total. The van der Waals surface area contributed by atoms with Crippen LogP contribution >= 0.6 is 27.5 Å². The number of hydrogen-bond acceptors (Lipinski definition) is 14. The van der Waals surface area contributed by atoms with Gasteiger partial charge in [-0.05, 0) is 107 Å². The van der Waals surface area contributed by atoms with Crippen molar-refractivity contribution in [1.82, 2.24) is 10.6 Å². The van der Waals surface area contributed by atoms with Crippen LogP contribution in [0.25, 0.3) is 0 Å². The van der Waals surface area contributed by atoms with Crippen LogP contribution in [0.15, 0.2) is 66.3 Å². The lowest BCUT2D eigenvalue weighted by atomic mass is 9.78. The molecule has 5 rings (SSSR count). The van der Waals surface area contributed by atoms with Crippen molar-refractivity contribution in [3.05, 3.63) is 93.8 Å². The first-order valence-electron chi connectivity index (χ1n) is 27.7. The van der Waals surface area contributed by atoms with Gasteiger partial charge in [0.2, 0.25) is 11.8 Å². The fourth-order valence-corrected chi connectivity index (χ4v) is 10.9. The number of hydrogen-bond donors (Lipinski definition) is 5. The molecule has 3 aliphatic rings. The number of urea groups is 1. The molecular formula is C60H80BrClFN5O14. The molecule has 0 aliphatic carbocycles. The van der Waals surface area contributed by atoms with E-state index < -0.39 is 107 Å². The van der Waals surface area contributed by atoms with Crippen molar-refractivity contribution >= 4 is 86.3 Å². The van der Waals surface area contributed by atoms with Gasteiger partial charge in [-0.3, -0.25) is 29.3 Å². The summed E-state index contributed by atoms with van der Waals surface area (Å²) in [5.74, 6) is -5.45. The number of halogens is 3. The number of carbonyl (C=O) groups excluding carboxylic acids is 8. The Bertz CT molecular complexity index is 2780. The van der Waals surface area contributed by atoms with E-state index in [9.17, 15) is 43.5 Å². The predicted molar refractivity (Wildman–Crippen MR) is 311 cm³/mol. The number of esters is 2. The van der Waals surface area contributed by atoms with E-state index in [0.717, 1.165) is 17.2 Å². The Labute approximate surface area is 493 Å². The maximum atomic E-state index is 16.1. The van der Waals surface area contributed by atoms with Crippen LogP contribution in [-0.2, 0) is 65.3 Å². The third-order valence-corrected chi connectivity index (χ3v) is 16.6. The number of methoxy groups -OCH3 is 1. The molecule has 10 atom stereocenters. The number of ether oxygens (including phenoxy) is 5. The van der Waals surface area contributed by atoms with E-state index in [1.165, 1.54) is 24.1 Å². The molecule has 6 N–H and O–H groups in total. The predicted octanol–water partition coefficient (Wildman–Crippen LogP) is 8.78. The molecule has 3 heterocycles. The highest BCUT2D eigenvalue weighted by molar-refractivity contribution is 9.09. The van der Waals surface area contributed by atoms with Crippen LogP contribution < -0.4 is 26.6 Å². The van der Waals surface area contributed by atoms with Gasteiger partial charge in [-0.1, -0.05) is 90.8 Å². The number of unbranched alkanes of at least 4 members (excludes halogenated alkanes) is 1. The van der Waals surface area contributed by atoms with Gasteiger partial charge in [0.25, 0.3) is 0 Å². The SMILES string of the molecule is C=C(CBr)C(=O)OC(C)CCCCC(=O)C[C@H](C(=O)N[C@@H](CCCNC(N)=O)C(=O)Cc1ccc(NC(=O)O[C@H]2CC(=O)N(C)c3cc(cc(C)c3Cl)C/C(C)=C/C=C/[C@@H](OC)[C@]3(O)CC(=O)O[C@@H](C3)[C@@H](C)[C@@H]3O[C@@]23C)c(F)c1)C(C)C. The topological polar surface area (TPSA) is 272 Å². The summed E-state index contributed by atoms with van der Waals surface area (Å²) in [5, 5.41) is 20.3. The van der Waals surface area contributed by atoms with Gasteiger partial charge in [0.05, 0.1) is 47.5 Å². The van der Waals surface area contributed by atoms with Gasteiger partial charge in [-0.25, -0.2) is 18.8 Å². The number of aryl methyl sites for hydroxylation is 1. The first kappa shape index (κ1) is 66.8. The van der Waals surface area contributed by atoms with Gasteiger partial charge in [0, 0.05) is 69.1 Å². The van der Waals surface area contributed by atoms with Crippen molar-refractivity contribution in [1.29, 1.82) is 0 Å². The Balaban J connectivity index is 1.31. The molecular weight excluding hydrogens is 1150 g/mol. The van der Waals surface area contributed by atoms with Gasteiger partial charge in [0.1, 0.15) is 41.1 Å². The van der Waals surface area contributed by atoms with Crippen LogP contribution in [0.5, 0.6) is 0 Å².